The highest BCUT2D eigenvalue weighted by Crippen LogP contribution is 2.15. The summed E-state index contributed by atoms with van der Waals surface area (Å²) < 4.78 is 7.22. The summed E-state index contributed by atoms with van der Waals surface area (Å²) in [6.45, 7) is 1.30. The molecule has 1 unspecified atom stereocenters. The van der Waals surface area contributed by atoms with Crippen molar-refractivity contribution in [3.8, 4) is 0 Å². The first-order valence-corrected chi connectivity index (χ1v) is 6.04. The van der Waals surface area contributed by atoms with Gasteiger partial charge in [0.15, 0.2) is 0 Å². The van der Waals surface area contributed by atoms with Gasteiger partial charge < -0.3 is 9.72 Å². The first kappa shape index (κ1) is 11.2. The van der Waals surface area contributed by atoms with Crippen LogP contribution in [0, 0.1) is 0 Å². The molecule has 1 aliphatic rings. The number of nitrogens with one attached hydrogen (secondary N) is 2. The molecule has 7 heteroatoms. The summed E-state index contributed by atoms with van der Waals surface area (Å²) >= 11 is 0. The van der Waals surface area contributed by atoms with E-state index in [9.17, 15) is 9.59 Å². The van der Waals surface area contributed by atoms with Gasteiger partial charge in [0.2, 0.25) is 0 Å². The molecular weight excluding hydrogens is 236 g/mol. The molecule has 2 aromatic heterocycles. The second-order valence-electron chi connectivity index (χ2n) is 4.49. The molecule has 0 radical (unpaired) electrons. The van der Waals surface area contributed by atoms with E-state index in [1.807, 2.05) is 0 Å². The van der Waals surface area contributed by atoms with Crippen LogP contribution in [0.2, 0.25) is 0 Å². The van der Waals surface area contributed by atoms with Crippen LogP contribution in [-0.2, 0) is 11.3 Å². The van der Waals surface area contributed by atoms with Gasteiger partial charge in [-0.3, -0.25) is 14.5 Å². The molecule has 96 valence electrons. The molecular formula is C11H14N4O3. The average molecular weight is 250 g/mol. The van der Waals surface area contributed by atoms with E-state index in [4.69, 9.17) is 4.74 Å². The Morgan fingerprint density at radius 1 is 1.39 bits per heavy atom. The summed E-state index contributed by atoms with van der Waals surface area (Å²) in [6.07, 6.45) is 4.78. The van der Waals surface area contributed by atoms with Crippen LogP contribution in [0.25, 0.3) is 11.0 Å². The minimum Gasteiger partial charge on any atom is -0.376 e. The number of aromatic amines is 2. The third-order valence-corrected chi connectivity index (χ3v) is 3.18. The van der Waals surface area contributed by atoms with Crippen molar-refractivity contribution in [2.75, 3.05) is 6.61 Å². The SMILES string of the molecule is O=c1[nH]c(=O)c2c(cnn2CC2CCCCO2)[nH]1. The smallest absolute Gasteiger partial charge is 0.326 e. The van der Waals surface area contributed by atoms with E-state index in [0.717, 1.165) is 25.9 Å². The molecule has 1 saturated heterocycles. The number of hydrogen-bond donors (Lipinski definition) is 2. The molecule has 0 bridgehead atoms. The number of fused-ring (bicyclic) bond motifs is 1. The molecule has 1 fully saturated rings. The van der Waals surface area contributed by atoms with Crippen molar-refractivity contribution < 1.29 is 4.74 Å². The summed E-state index contributed by atoms with van der Waals surface area (Å²) in [5.74, 6) is 0. The van der Waals surface area contributed by atoms with E-state index < -0.39 is 11.2 Å². The van der Waals surface area contributed by atoms with Gasteiger partial charge >= 0.3 is 5.69 Å². The zero-order valence-electron chi connectivity index (χ0n) is 9.81. The van der Waals surface area contributed by atoms with Gasteiger partial charge in [0.1, 0.15) is 5.52 Å². The van der Waals surface area contributed by atoms with Crippen molar-refractivity contribution >= 4 is 11.0 Å². The van der Waals surface area contributed by atoms with Gasteiger partial charge in [-0.05, 0) is 19.3 Å². The van der Waals surface area contributed by atoms with Crippen LogP contribution < -0.4 is 11.2 Å². The maximum atomic E-state index is 11.7. The van der Waals surface area contributed by atoms with Crippen molar-refractivity contribution in [2.24, 2.45) is 0 Å². The summed E-state index contributed by atoms with van der Waals surface area (Å²) in [5, 5.41) is 4.14. The minimum atomic E-state index is -0.513. The number of ether oxygens (including phenoxy) is 1. The first-order valence-electron chi connectivity index (χ1n) is 6.04. The molecule has 3 heterocycles. The monoisotopic (exact) mass is 250 g/mol. The van der Waals surface area contributed by atoms with Gasteiger partial charge in [0.25, 0.3) is 5.56 Å². The van der Waals surface area contributed by atoms with E-state index in [1.54, 1.807) is 4.68 Å². The van der Waals surface area contributed by atoms with Crippen molar-refractivity contribution in [3.63, 3.8) is 0 Å². The average Bonchev–Trinajstić information content (AvgIpc) is 2.73. The van der Waals surface area contributed by atoms with Crippen LogP contribution in [0.3, 0.4) is 0 Å². The number of rotatable bonds is 2. The number of nitrogens with zero attached hydrogens (tertiary/aromatic N) is 2. The highest BCUT2D eigenvalue weighted by Gasteiger charge is 2.17. The molecule has 0 aliphatic carbocycles. The van der Waals surface area contributed by atoms with Gasteiger partial charge in [-0.25, -0.2) is 4.79 Å². The lowest BCUT2D eigenvalue weighted by molar-refractivity contribution is 0.00471. The molecule has 2 N–H and O–H groups in total. The molecule has 1 atom stereocenters. The van der Waals surface area contributed by atoms with Crippen LogP contribution >= 0.6 is 0 Å². The normalized spacial score (nSPS) is 20.3. The first-order chi connectivity index (χ1) is 8.74. The fourth-order valence-corrected chi connectivity index (χ4v) is 2.31. The Labute approximate surface area is 102 Å². The standard InChI is InChI=1S/C11H14N4O3/c16-10-9-8(13-11(17)14-10)5-12-15(9)6-7-3-1-2-4-18-7/h5,7H,1-4,6H2,(H2,13,14,16,17). The Morgan fingerprint density at radius 2 is 2.28 bits per heavy atom. The predicted molar refractivity (Wildman–Crippen MR) is 64.6 cm³/mol. The predicted octanol–water partition coefficient (Wildman–Crippen LogP) is -0.0180. The maximum Gasteiger partial charge on any atom is 0.326 e. The lowest BCUT2D eigenvalue weighted by atomic mass is 10.1. The molecule has 1 aliphatic heterocycles. The van der Waals surface area contributed by atoms with Crippen molar-refractivity contribution in [1.29, 1.82) is 0 Å². The number of hydrogen-bond acceptors (Lipinski definition) is 4. The van der Waals surface area contributed by atoms with E-state index in [2.05, 4.69) is 15.1 Å². The number of aromatic nitrogens is 4. The van der Waals surface area contributed by atoms with Crippen molar-refractivity contribution in [3.05, 3.63) is 27.0 Å². The van der Waals surface area contributed by atoms with E-state index in [0.29, 0.717) is 17.6 Å². The quantitative estimate of drug-likeness (QED) is 0.783. The Kier molecular flexibility index (Phi) is 2.75. The Bertz CT molecular complexity index is 663. The topological polar surface area (TPSA) is 92.8 Å². The molecule has 2 aromatic rings. The van der Waals surface area contributed by atoms with Gasteiger partial charge in [-0.15, -0.1) is 0 Å². The highest BCUT2D eigenvalue weighted by atomic mass is 16.5. The maximum absolute atomic E-state index is 11.7. The van der Waals surface area contributed by atoms with E-state index >= 15 is 0 Å². The summed E-state index contributed by atoms with van der Waals surface area (Å²) in [6, 6.07) is 0. The second-order valence-corrected chi connectivity index (χ2v) is 4.49. The van der Waals surface area contributed by atoms with Crippen molar-refractivity contribution in [2.45, 2.75) is 31.9 Å². The molecule has 0 aromatic carbocycles. The molecule has 0 spiro atoms. The third-order valence-electron chi connectivity index (χ3n) is 3.18. The Balaban J connectivity index is 1.97. The zero-order valence-corrected chi connectivity index (χ0v) is 9.81. The van der Waals surface area contributed by atoms with Gasteiger partial charge in [0.05, 0.1) is 24.4 Å². The second kappa shape index (κ2) is 4.41. The van der Waals surface area contributed by atoms with Crippen LogP contribution in [0.5, 0.6) is 0 Å². The highest BCUT2D eigenvalue weighted by molar-refractivity contribution is 5.72. The Morgan fingerprint density at radius 3 is 3.06 bits per heavy atom. The molecule has 0 amide bonds. The molecule has 18 heavy (non-hydrogen) atoms. The number of H-pyrrole nitrogens is 2. The minimum absolute atomic E-state index is 0.0909. The molecule has 3 rings (SSSR count). The van der Waals surface area contributed by atoms with Crippen LogP contribution in [-0.4, -0.2) is 32.5 Å². The van der Waals surface area contributed by atoms with E-state index in [-0.39, 0.29) is 6.10 Å². The van der Waals surface area contributed by atoms with Crippen LogP contribution in [0.1, 0.15) is 19.3 Å². The van der Waals surface area contributed by atoms with Gasteiger partial charge in [-0.2, -0.15) is 5.10 Å². The van der Waals surface area contributed by atoms with Crippen LogP contribution in [0.4, 0.5) is 0 Å². The lowest BCUT2D eigenvalue weighted by Crippen LogP contribution is -2.28. The van der Waals surface area contributed by atoms with Gasteiger partial charge in [-0.1, -0.05) is 0 Å². The fraction of sp³-hybridized carbons (Fsp3) is 0.545. The van der Waals surface area contributed by atoms with Crippen molar-refractivity contribution in [1.82, 2.24) is 19.7 Å². The van der Waals surface area contributed by atoms with Gasteiger partial charge in [0, 0.05) is 6.61 Å². The summed E-state index contributed by atoms with van der Waals surface area (Å²) in [5.41, 5.74) is -0.0774. The fourth-order valence-electron chi connectivity index (χ4n) is 2.31. The third kappa shape index (κ3) is 1.97. The largest absolute Gasteiger partial charge is 0.376 e. The molecule has 0 saturated carbocycles. The summed E-state index contributed by atoms with van der Waals surface area (Å²) in [7, 11) is 0. The summed E-state index contributed by atoms with van der Waals surface area (Å²) in [4.78, 5) is 27.6. The van der Waals surface area contributed by atoms with Crippen LogP contribution in [0.15, 0.2) is 15.8 Å². The lowest BCUT2D eigenvalue weighted by Gasteiger charge is -2.22. The van der Waals surface area contributed by atoms with E-state index in [1.165, 1.54) is 6.20 Å². The zero-order chi connectivity index (χ0) is 12.5. The molecule has 7 nitrogen and oxygen atoms in total. The Hall–Kier alpha value is -1.89.